The Balaban J connectivity index is 2.48. The molecular formula is C45H81O13P. The lowest BCUT2D eigenvalue weighted by Crippen LogP contribution is -2.64. The van der Waals surface area contributed by atoms with Gasteiger partial charge in [-0.2, -0.15) is 0 Å². The molecule has 344 valence electrons. The van der Waals surface area contributed by atoms with Crippen molar-refractivity contribution in [3.8, 4) is 0 Å². The lowest BCUT2D eigenvalue weighted by molar-refractivity contribution is -0.220. The van der Waals surface area contributed by atoms with Crippen LogP contribution >= 0.6 is 7.82 Å². The van der Waals surface area contributed by atoms with Crippen molar-refractivity contribution in [2.24, 2.45) is 0 Å². The summed E-state index contributed by atoms with van der Waals surface area (Å²) < 4.78 is 33.5. The number of hydrogen-bond acceptors (Lipinski definition) is 12. The molecule has 0 spiro atoms. The van der Waals surface area contributed by atoms with Gasteiger partial charge in [-0.1, -0.05) is 147 Å². The number of aliphatic hydroxyl groups is 5. The molecule has 0 aromatic heterocycles. The van der Waals surface area contributed by atoms with E-state index in [4.69, 9.17) is 18.5 Å². The highest BCUT2D eigenvalue weighted by Crippen LogP contribution is 2.47. The fraction of sp³-hybridized carbons (Fsp3) is 0.822. The summed E-state index contributed by atoms with van der Waals surface area (Å²) in [6.45, 7) is 3.23. The maximum absolute atomic E-state index is 12.8. The van der Waals surface area contributed by atoms with Gasteiger partial charge in [-0.05, 0) is 57.8 Å². The number of ether oxygens (including phenoxy) is 2. The lowest BCUT2D eigenvalue weighted by atomic mass is 9.85. The number of unbranched alkanes of at least 4 members (excludes halogenated alkanes) is 20. The maximum Gasteiger partial charge on any atom is 0.472 e. The topological polar surface area (TPSA) is 210 Å². The van der Waals surface area contributed by atoms with Gasteiger partial charge in [0, 0.05) is 12.8 Å². The second-order valence-electron chi connectivity index (χ2n) is 15.9. The fourth-order valence-corrected chi connectivity index (χ4v) is 7.70. The van der Waals surface area contributed by atoms with E-state index in [2.05, 4.69) is 50.3 Å². The summed E-state index contributed by atoms with van der Waals surface area (Å²) in [6, 6.07) is 0. The van der Waals surface area contributed by atoms with Crippen LogP contribution in [0.4, 0.5) is 0 Å². The number of aliphatic hydroxyl groups excluding tert-OH is 5. The summed E-state index contributed by atoms with van der Waals surface area (Å²) in [5, 5.41) is 50.1. The van der Waals surface area contributed by atoms with E-state index in [9.17, 15) is 44.6 Å². The third-order valence-corrected chi connectivity index (χ3v) is 11.5. The molecule has 1 aliphatic rings. The van der Waals surface area contributed by atoms with Crippen molar-refractivity contribution < 1.29 is 63.1 Å². The number of phosphoric acid groups is 1. The Morgan fingerprint density at radius 1 is 0.525 bits per heavy atom. The van der Waals surface area contributed by atoms with Crippen LogP contribution in [0.1, 0.15) is 181 Å². The summed E-state index contributed by atoms with van der Waals surface area (Å²) in [4.78, 5) is 35.7. The molecule has 0 amide bonds. The number of carbonyl (C=O) groups excluding carboxylic acids is 2. The standard InChI is InChI=1S/C45H81O13P/c1-3-5-7-9-11-13-15-17-19-21-23-25-27-29-31-33-38(46)55-35-37(36-56-59(53,54)58-45-43(51)41(49)40(48)42(50)44(45)52)57-39(47)34-32-30-28-26-24-22-20-18-16-14-12-10-8-6-4-2/h10,12-13,15,17,19,37,40-45,48-52H,3-9,11,14,16,18,20-36H2,1-2H3,(H,53,54)/b12-10+,15-13+,19-17+/t37-,40?,41-,42?,43?,44?,45?/m1/s1. The van der Waals surface area contributed by atoms with Gasteiger partial charge >= 0.3 is 19.8 Å². The summed E-state index contributed by atoms with van der Waals surface area (Å²) >= 11 is 0. The van der Waals surface area contributed by atoms with Crippen molar-refractivity contribution in [2.45, 2.75) is 224 Å². The van der Waals surface area contributed by atoms with Crippen LogP contribution < -0.4 is 0 Å². The predicted octanol–water partition coefficient (Wildman–Crippen LogP) is 8.61. The first-order chi connectivity index (χ1) is 28.4. The van der Waals surface area contributed by atoms with Crippen molar-refractivity contribution in [1.29, 1.82) is 0 Å². The zero-order valence-corrected chi connectivity index (χ0v) is 37.2. The van der Waals surface area contributed by atoms with Crippen LogP contribution in [0.2, 0.25) is 0 Å². The minimum Gasteiger partial charge on any atom is -0.462 e. The first-order valence-corrected chi connectivity index (χ1v) is 24.3. The van der Waals surface area contributed by atoms with Crippen molar-refractivity contribution in [2.75, 3.05) is 13.2 Å². The number of hydrogen-bond donors (Lipinski definition) is 6. The number of phosphoric ester groups is 1. The number of rotatable bonds is 37. The Kier molecular flexibility index (Phi) is 33.3. The molecule has 0 aromatic rings. The van der Waals surface area contributed by atoms with E-state index in [0.29, 0.717) is 12.8 Å². The fourth-order valence-electron chi connectivity index (χ4n) is 6.73. The third kappa shape index (κ3) is 28.3. The smallest absolute Gasteiger partial charge is 0.462 e. The number of esters is 2. The van der Waals surface area contributed by atoms with Crippen LogP contribution in [0.3, 0.4) is 0 Å². The molecule has 0 aliphatic heterocycles. The molecule has 6 unspecified atom stereocenters. The van der Waals surface area contributed by atoms with E-state index in [-0.39, 0.29) is 12.8 Å². The molecule has 1 aliphatic carbocycles. The minimum absolute atomic E-state index is 0.0910. The van der Waals surface area contributed by atoms with Crippen LogP contribution in [0.25, 0.3) is 0 Å². The van der Waals surface area contributed by atoms with Crippen molar-refractivity contribution in [3.05, 3.63) is 36.5 Å². The van der Waals surface area contributed by atoms with Crippen molar-refractivity contribution in [1.82, 2.24) is 0 Å². The highest BCUT2D eigenvalue weighted by atomic mass is 31.2. The molecule has 0 saturated heterocycles. The molecule has 0 aromatic carbocycles. The van der Waals surface area contributed by atoms with Gasteiger partial charge in [0.05, 0.1) is 6.61 Å². The molecule has 0 radical (unpaired) electrons. The summed E-state index contributed by atoms with van der Waals surface area (Å²) in [5.41, 5.74) is 0. The molecular weight excluding hydrogens is 779 g/mol. The molecule has 0 bridgehead atoms. The Bertz CT molecular complexity index is 1180. The quantitative estimate of drug-likeness (QED) is 0.0114. The number of allylic oxidation sites excluding steroid dienone is 6. The van der Waals surface area contributed by atoms with Gasteiger partial charge in [-0.25, -0.2) is 4.57 Å². The molecule has 8 atom stereocenters. The minimum atomic E-state index is -5.12. The summed E-state index contributed by atoms with van der Waals surface area (Å²) in [5.74, 6) is -1.12. The lowest BCUT2D eigenvalue weighted by Gasteiger charge is -2.41. The van der Waals surface area contributed by atoms with Crippen LogP contribution in [0.15, 0.2) is 36.5 Å². The molecule has 6 N–H and O–H groups in total. The van der Waals surface area contributed by atoms with E-state index >= 15 is 0 Å². The van der Waals surface area contributed by atoms with E-state index in [0.717, 1.165) is 70.6 Å². The molecule has 1 rings (SSSR count). The van der Waals surface area contributed by atoms with Gasteiger partial charge in [0.25, 0.3) is 0 Å². The second kappa shape index (κ2) is 35.6. The van der Waals surface area contributed by atoms with Gasteiger partial charge in [-0.3, -0.25) is 18.6 Å². The number of carbonyl (C=O) groups is 2. The van der Waals surface area contributed by atoms with Crippen LogP contribution in [-0.4, -0.2) is 98.3 Å². The first-order valence-electron chi connectivity index (χ1n) is 22.8. The van der Waals surface area contributed by atoms with Crippen molar-refractivity contribution >= 4 is 19.8 Å². The Labute approximate surface area is 355 Å². The van der Waals surface area contributed by atoms with Crippen molar-refractivity contribution in [3.63, 3.8) is 0 Å². The first kappa shape index (κ1) is 55.1. The van der Waals surface area contributed by atoms with E-state index in [1.807, 2.05) is 0 Å². The van der Waals surface area contributed by atoms with E-state index < -0.39 is 75.7 Å². The van der Waals surface area contributed by atoms with Crippen LogP contribution in [-0.2, 0) is 32.7 Å². The molecule has 1 fully saturated rings. The maximum atomic E-state index is 12.8. The second-order valence-corrected chi connectivity index (χ2v) is 17.3. The Morgan fingerprint density at radius 3 is 1.44 bits per heavy atom. The van der Waals surface area contributed by atoms with Gasteiger partial charge < -0.3 is 39.9 Å². The van der Waals surface area contributed by atoms with Gasteiger partial charge in [-0.15, -0.1) is 0 Å². The predicted molar refractivity (Wildman–Crippen MR) is 230 cm³/mol. The average molecular weight is 861 g/mol. The molecule has 59 heavy (non-hydrogen) atoms. The van der Waals surface area contributed by atoms with Gasteiger partial charge in [0.1, 0.15) is 43.2 Å². The monoisotopic (exact) mass is 861 g/mol. The van der Waals surface area contributed by atoms with E-state index in [1.54, 1.807) is 0 Å². The Hall–Kier alpha value is -1.93. The normalized spacial score (nSPS) is 22.6. The molecule has 13 nitrogen and oxygen atoms in total. The summed E-state index contributed by atoms with van der Waals surface area (Å²) in [6.07, 6.45) is 26.2. The van der Waals surface area contributed by atoms with Crippen LogP contribution in [0, 0.1) is 0 Å². The summed E-state index contributed by atoms with van der Waals surface area (Å²) in [7, 11) is -5.12. The van der Waals surface area contributed by atoms with E-state index in [1.165, 1.54) is 70.6 Å². The van der Waals surface area contributed by atoms with Gasteiger partial charge in [0.2, 0.25) is 0 Å². The highest BCUT2D eigenvalue weighted by molar-refractivity contribution is 7.47. The zero-order valence-electron chi connectivity index (χ0n) is 36.3. The largest absolute Gasteiger partial charge is 0.472 e. The highest BCUT2D eigenvalue weighted by Gasteiger charge is 2.51. The third-order valence-electron chi connectivity index (χ3n) is 10.5. The SMILES string of the molecule is CCCC/C=C/CCCCCCCCCCCC(=O)O[C@H](COC(=O)CCCCCCC/C=C/C=C/CCCCCC)COP(=O)(O)OC1C(O)C(O)C(O)[C@@H](O)C1O. The Morgan fingerprint density at radius 2 is 0.932 bits per heavy atom. The molecule has 14 heteroatoms. The molecule has 0 heterocycles. The molecule has 1 saturated carbocycles. The average Bonchev–Trinajstić information content (AvgIpc) is 3.21. The zero-order chi connectivity index (χ0) is 43.6. The van der Waals surface area contributed by atoms with Crippen LogP contribution in [0.5, 0.6) is 0 Å². The van der Waals surface area contributed by atoms with Gasteiger partial charge in [0.15, 0.2) is 6.10 Å².